The molecule has 1 aromatic rings. The Labute approximate surface area is 148 Å². The summed E-state index contributed by atoms with van der Waals surface area (Å²) in [6.45, 7) is 2.86. The van der Waals surface area contributed by atoms with Gasteiger partial charge in [0.15, 0.2) is 0 Å². The average molecular weight is 346 g/mol. The van der Waals surface area contributed by atoms with Crippen LogP contribution in [-0.4, -0.2) is 72.2 Å². The van der Waals surface area contributed by atoms with Gasteiger partial charge in [0.25, 0.3) is 5.91 Å². The van der Waals surface area contributed by atoms with Crippen molar-refractivity contribution in [2.75, 3.05) is 39.9 Å². The Morgan fingerprint density at radius 2 is 2.08 bits per heavy atom. The number of ether oxygens (including phenoxy) is 1. The predicted molar refractivity (Wildman–Crippen MR) is 93.1 cm³/mol. The minimum atomic E-state index is -0.685. The van der Waals surface area contributed by atoms with Crippen molar-refractivity contribution in [1.82, 2.24) is 20.1 Å². The molecule has 2 aliphatic rings. The summed E-state index contributed by atoms with van der Waals surface area (Å²) in [4.78, 5) is 33.3. The number of hydrogen-bond acceptors (Lipinski definition) is 5. The van der Waals surface area contributed by atoms with Crippen molar-refractivity contribution in [3.05, 3.63) is 30.1 Å². The lowest BCUT2D eigenvalue weighted by Crippen LogP contribution is -2.56. The van der Waals surface area contributed by atoms with Gasteiger partial charge >= 0.3 is 6.03 Å². The molecule has 1 N–H and O–H groups in total. The molecule has 0 unspecified atom stereocenters. The van der Waals surface area contributed by atoms with Crippen LogP contribution >= 0.6 is 0 Å². The van der Waals surface area contributed by atoms with Crippen LogP contribution in [0.5, 0.6) is 0 Å². The van der Waals surface area contributed by atoms with Crippen LogP contribution < -0.4 is 5.32 Å². The van der Waals surface area contributed by atoms with Gasteiger partial charge in [-0.1, -0.05) is 6.07 Å². The summed E-state index contributed by atoms with van der Waals surface area (Å²) in [5.74, 6) is -0.0405. The van der Waals surface area contributed by atoms with Crippen molar-refractivity contribution >= 4 is 11.9 Å². The van der Waals surface area contributed by atoms with Crippen molar-refractivity contribution in [1.29, 1.82) is 0 Å². The molecule has 3 rings (SSSR count). The number of hydrogen-bond donors (Lipinski definition) is 1. The normalized spacial score (nSPS) is 19.9. The second-order valence-corrected chi connectivity index (χ2v) is 6.63. The van der Waals surface area contributed by atoms with E-state index in [-0.39, 0.29) is 11.9 Å². The fourth-order valence-electron chi connectivity index (χ4n) is 3.78. The summed E-state index contributed by atoms with van der Waals surface area (Å²) < 4.78 is 5.15. The molecule has 7 nitrogen and oxygen atoms in total. The summed E-state index contributed by atoms with van der Waals surface area (Å²) in [5.41, 5.74) is 0.434. The van der Waals surface area contributed by atoms with Crippen LogP contribution in [0.2, 0.25) is 0 Å². The van der Waals surface area contributed by atoms with Crippen LogP contribution in [0, 0.1) is 0 Å². The van der Waals surface area contributed by atoms with E-state index in [1.807, 2.05) is 18.3 Å². The SMILES string of the molecule is COCCN1C(=O)N(CCCc2cccnc2)C(=O)C12CCNCC2. The number of aryl methyl sites for hydroxylation is 1. The Balaban J connectivity index is 1.68. The Bertz CT molecular complexity index is 602. The molecule has 136 valence electrons. The van der Waals surface area contributed by atoms with Gasteiger partial charge in [0.2, 0.25) is 0 Å². The summed E-state index contributed by atoms with van der Waals surface area (Å²) in [7, 11) is 1.61. The third-order valence-electron chi connectivity index (χ3n) is 5.14. The standard InChI is InChI=1S/C18H26N4O3/c1-25-13-12-22-17(24)21(11-3-5-15-4-2-8-20-14-15)16(23)18(22)6-9-19-10-7-18/h2,4,8,14,19H,3,5-7,9-13H2,1H3. The molecule has 0 radical (unpaired) electrons. The number of piperidine rings is 1. The molecule has 1 aromatic heterocycles. The number of aromatic nitrogens is 1. The second-order valence-electron chi connectivity index (χ2n) is 6.63. The smallest absolute Gasteiger partial charge is 0.327 e. The first kappa shape index (κ1) is 17.8. The van der Waals surface area contributed by atoms with Crippen molar-refractivity contribution in [3.63, 3.8) is 0 Å². The number of pyridine rings is 1. The number of nitrogens with one attached hydrogen (secondary N) is 1. The molecule has 1 spiro atoms. The Hall–Kier alpha value is -1.99. The van der Waals surface area contributed by atoms with E-state index in [0.29, 0.717) is 32.5 Å². The number of amides is 3. The van der Waals surface area contributed by atoms with Crippen LogP contribution in [0.1, 0.15) is 24.8 Å². The number of imide groups is 1. The fraction of sp³-hybridized carbons (Fsp3) is 0.611. The molecular weight excluding hydrogens is 320 g/mol. The van der Waals surface area contributed by atoms with Crippen LogP contribution in [0.15, 0.2) is 24.5 Å². The van der Waals surface area contributed by atoms with Gasteiger partial charge in [-0.15, -0.1) is 0 Å². The average Bonchev–Trinajstić information content (AvgIpc) is 2.83. The monoisotopic (exact) mass is 346 g/mol. The summed E-state index contributed by atoms with van der Waals surface area (Å²) in [6.07, 6.45) is 6.45. The lowest BCUT2D eigenvalue weighted by atomic mass is 9.86. The molecule has 2 fully saturated rings. The maximum absolute atomic E-state index is 13.1. The van der Waals surface area contributed by atoms with Crippen molar-refractivity contribution in [3.8, 4) is 0 Å². The summed E-state index contributed by atoms with van der Waals surface area (Å²) >= 11 is 0. The molecule has 7 heteroatoms. The molecule has 2 saturated heterocycles. The highest BCUT2D eigenvalue weighted by Gasteiger charge is 2.56. The van der Waals surface area contributed by atoms with Gasteiger partial charge in [0.1, 0.15) is 5.54 Å². The van der Waals surface area contributed by atoms with Gasteiger partial charge in [-0.25, -0.2) is 4.79 Å². The number of carbonyl (C=O) groups excluding carboxylic acids is 2. The van der Waals surface area contributed by atoms with Crippen LogP contribution in [0.4, 0.5) is 4.79 Å². The van der Waals surface area contributed by atoms with Crippen molar-refractivity contribution in [2.45, 2.75) is 31.2 Å². The number of methoxy groups -OCH3 is 1. The maximum Gasteiger partial charge on any atom is 0.327 e. The fourth-order valence-corrected chi connectivity index (χ4v) is 3.78. The summed E-state index contributed by atoms with van der Waals surface area (Å²) in [5, 5.41) is 3.28. The van der Waals surface area contributed by atoms with Gasteiger partial charge in [0, 0.05) is 32.6 Å². The third-order valence-corrected chi connectivity index (χ3v) is 5.14. The number of nitrogens with zero attached hydrogens (tertiary/aromatic N) is 3. The molecule has 0 atom stereocenters. The molecule has 0 bridgehead atoms. The highest BCUT2D eigenvalue weighted by Crippen LogP contribution is 2.35. The molecule has 0 aromatic carbocycles. The van der Waals surface area contributed by atoms with Crippen molar-refractivity contribution in [2.24, 2.45) is 0 Å². The summed E-state index contributed by atoms with van der Waals surface area (Å²) in [6, 6.07) is 3.74. The van der Waals surface area contributed by atoms with E-state index in [4.69, 9.17) is 4.74 Å². The molecule has 3 amide bonds. The Morgan fingerprint density at radius 1 is 1.28 bits per heavy atom. The van der Waals surface area contributed by atoms with Gasteiger partial charge in [-0.3, -0.25) is 14.7 Å². The lowest BCUT2D eigenvalue weighted by molar-refractivity contribution is -0.134. The first-order valence-corrected chi connectivity index (χ1v) is 8.91. The second kappa shape index (κ2) is 7.93. The van der Waals surface area contributed by atoms with E-state index >= 15 is 0 Å². The molecule has 0 aliphatic carbocycles. The number of rotatable bonds is 7. The minimum Gasteiger partial charge on any atom is -0.383 e. The lowest BCUT2D eigenvalue weighted by Gasteiger charge is -2.38. The zero-order valence-electron chi connectivity index (χ0n) is 14.7. The van der Waals surface area contributed by atoms with Crippen LogP contribution in [0.3, 0.4) is 0 Å². The van der Waals surface area contributed by atoms with E-state index in [1.165, 1.54) is 4.90 Å². The topological polar surface area (TPSA) is 74.8 Å². The quantitative estimate of drug-likeness (QED) is 0.747. The van der Waals surface area contributed by atoms with Gasteiger partial charge in [0.05, 0.1) is 6.61 Å². The van der Waals surface area contributed by atoms with E-state index in [2.05, 4.69) is 10.3 Å². The predicted octanol–water partition coefficient (Wildman–Crippen LogP) is 1.05. The van der Waals surface area contributed by atoms with Crippen LogP contribution in [-0.2, 0) is 16.0 Å². The molecular formula is C18H26N4O3. The Kier molecular flexibility index (Phi) is 5.65. The van der Waals surface area contributed by atoms with Gasteiger partial charge in [-0.05, 0) is 50.4 Å². The molecule has 3 heterocycles. The first-order valence-electron chi connectivity index (χ1n) is 8.91. The zero-order valence-corrected chi connectivity index (χ0v) is 14.7. The largest absolute Gasteiger partial charge is 0.383 e. The molecule has 0 saturated carbocycles. The third kappa shape index (κ3) is 3.52. The zero-order chi connectivity index (χ0) is 17.7. The van der Waals surface area contributed by atoms with E-state index in [9.17, 15) is 9.59 Å². The Morgan fingerprint density at radius 3 is 2.76 bits per heavy atom. The number of urea groups is 1. The van der Waals surface area contributed by atoms with E-state index in [1.54, 1.807) is 18.2 Å². The van der Waals surface area contributed by atoms with Gasteiger partial charge < -0.3 is 15.0 Å². The van der Waals surface area contributed by atoms with Crippen molar-refractivity contribution < 1.29 is 14.3 Å². The molecule has 2 aliphatic heterocycles. The highest BCUT2D eigenvalue weighted by molar-refractivity contribution is 6.07. The van der Waals surface area contributed by atoms with Gasteiger partial charge in [-0.2, -0.15) is 0 Å². The van der Waals surface area contributed by atoms with Crippen LogP contribution in [0.25, 0.3) is 0 Å². The first-order chi connectivity index (χ1) is 12.2. The highest BCUT2D eigenvalue weighted by atomic mass is 16.5. The minimum absolute atomic E-state index is 0.0405. The van der Waals surface area contributed by atoms with E-state index < -0.39 is 5.54 Å². The van der Waals surface area contributed by atoms with E-state index in [0.717, 1.165) is 31.5 Å². The molecule has 25 heavy (non-hydrogen) atoms. The number of carbonyl (C=O) groups is 2. The maximum atomic E-state index is 13.1.